The molecule has 0 unspecified atom stereocenters. The van der Waals surface area contributed by atoms with Crippen LogP contribution in [0.15, 0.2) is 59.5 Å². The van der Waals surface area contributed by atoms with Crippen molar-refractivity contribution in [1.82, 2.24) is 14.7 Å². The topological polar surface area (TPSA) is 75.5 Å². The summed E-state index contributed by atoms with van der Waals surface area (Å²) in [6.45, 7) is 3.84. The van der Waals surface area contributed by atoms with Crippen LogP contribution >= 0.6 is 0 Å². The van der Waals surface area contributed by atoms with Gasteiger partial charge in [-0.15, -0.1) is 0 Å². The first-order chi connectivity index (χ1) is 15.5. The van der Waals surface area contributed by atoms with E-state index in [0.29, 0.717) is 23.1 Å². The average Bonchev–Trinajstić information content (AvgIpc) is 2.83. The Morgan fingerprint density at radius 3 is 2.47 bits per heavy atom. The number of benzene rings is 2. The van der Waals surface area contributed by atoms with Crippen molar-refractivity contribution in [1.29, 1.82) is 0 Å². The molecule has 2 heterocycles. The van der Waals surface area contributed by atoms with Crippen molar-refractivity contribution < 1.29 is 9.59 Å². The van der Waals surface area contributed by atoms with E-state index in [1.807, 2.05) is 54.3 Å². The lowest BCUT2D eigenvalue weighted by molar-refractivity contribution is -0.132. The Bertz CT molecular complexity index is 1160. The number of likely N-dealkylation sites (tertiary alicyclic amines) is 1. The van der Waals surface area contributed by atoms with E-state index in [2.05, 4.69) is 5.10 Å². The van der Waals surface area contributed by atoms with Crippen LogP contribution in [0.3, 0.4) is 0 Å². The van der Waals surface area contributed by atoms with Crippen molar-refractivity contribution >= 4 is 28.4 Å². The second-order valence-electron chi connectivity index (χ2n) is 8.26. The minimum Gasteiger partial charge on any atom is -0.341 e. The van der Waals surface area contributed by atoms with E-state index in [1.54, 1.807) is 15.6 Å². The number of fused-ring (bicyclic) bond motifs is 1. The first-order valence-corrected chi connectivity index (χ1v) is 11.1. The molecule has 0 N–H and O–H groups in total. The SMILES string of the molecule is Cc1ccc(N(CC(=O)N2CCCCC2)C(=O)CCn2ncc(=O)c3ccccc32)cc1. The summed E-state index contributed by atoms with van der Waals surface area (Å²) in [5, 5.41) is 4.79. The lowest BCUT2D eigenvalue weighted by atomic mass is 10.1. The predicted octanol–water partition coefficient (Wildman–Crippen LogP) is 3.14. The van der Waals surface area contributed by atoms with Crippen molar-refractivity contribution in [3.63, 3.8) is 0 Å². The van der Waals surface area contributed by atoms with E-state index in [1.165, 1.54) is 6.20 Å². The highest BCUT2D eigenvalue weighted by Gasteiger charge is 2.24. The summed E-state index contributed by atoms with van der Waals surface area (Å²) in [6, 6.07) is 14.9. The largest absolute Gasteiger partial charge is 0.341 e. The molecule has 0 radical (unpaired) electrons. The normalized spacial score (nSPS) is 13.8. The van der Waals surface area contributed by atoms with Crippen molar-refractivity contribution in [3.05, 3.63) is 70.5 Å². The molecule has 2 aromatic carbocycles. The molecule has 7 nitrogen and oxygen atoms in total. The van der Waals surface area contributed by atoms with Gasteiger partial charge in [-0.3, -0.25) is 19.1 Å². The molecule has 0 atom stereocenters. The Morgan fingerprint density at radius 1 is 1.00 bits per heavy atom. The highest BCUT2D eigenvalue weighted by atomic mass is 16.2. The number of rotatable bonds is 6. The number of carbonyl (C=O) groups excluding carboxylic acids is 2. The maximum Gasteiger partial charge on any atom is 0.242 e. The van der Waals surface area contributed by atoms with Crippen LogP contribution in [0, 0.1) is 6.92 Å². The van der Waals surface area contributed by atoms with Crippen LogP contribution in [0.1, 0.15) is 31.2 Å². The summed E-state index contributed by atoms with van der Waals surface area (Å²) in [6.07, 6.45) is 4.61. The zero-order chi connectivity index (χ0) is 22.5. The molecule has 0 aliphatic carbocycles. The van der Waals surface area contributed by atoms with Crippen LogP contribution in [0.25, 0.3) is 10.9 Å². The third-order valence-corrected chi connectivity index (χ3v) is 5.95. The molecule has 1 aliphatic heterocycles. The summed E-state index contributed by atoms with van der Waals surface area (Å²) >= 11 is 0. The van der Waals surface area contributed by atoms with Gasteiger partial charge in [0.2, 0.25) is 17.2 Å². The number of nitrogens with zero attached hydrogens (tertiary/aromatic N) is 4. The maximum absolute atomic E-state index is 13.3. The lowest BCUT2D eigenvalue weighted by Crippen LogP contribution is -2.45. The zero-order valence-corrected chi connectivity index (χ0v) is 18.4. The number of piperidine rings is 1. The molecule has 2 amide bonds. The van der Waals surface area contributed by atoms with Gasteiger partial charge in [0.25, 0.3) is 0 Å². The number of para-hydroxylation sites is 1. The fourth-order valence-corrected chi connectivity index (χ4v) is 4.10. The van der Waals surface area contributed by atoms with Crippen LogP contribution in [0.2, 0.25) is 0 Å². The van der Waals surface area contributed by atoms with Gasteiger partial charge >= 0.3 is 0 Å². The summed E-state index contributed by atoms with van der Waals surface area (Å²) in [5.41, 5.74) is 2.35. The van der Waals surface area contributed by atoms with Crippen LogP contribution in [-0.2, 0) is 16.1 Å². The second kappa shape index (κ2) is 9.77. The van der Waals surface area contributed by atoms with Gasteiger partial charge in [0.05, 0.1) is 18.3 Å². The first-order valence-electron chi connectivity index (χ1n) is 11.1. The molecule has 1 saturated heterocycles. The molecule has 0 saturated carbocycles. The van der Waals surface area contributed by atoms with Gasteiger partial charge in [-0.25, -0.2) is 0 Å². The van der Waals surface area contributed by atoms with Crippen molar-refractivity contribution in [2.24, 2.45) is 0 Å². The molecule has 1 fully saturated rings. The summed E-state index contributed by atoms with van der Waals surface area (Å²) in [4.78, 5) is 41.7. The number of anilines is 1. The summed E-state index contributed by atoms with van der Waals surface area (Å²) in [5.74, 6) is -0.172. The van der Waals surface area contributed by atoms with E-state index >= 15 is 0 Å². The first kappa shape index (κ1) is 21.7. The summed E-state index contributed by atoms with van der Waals surface area (Å²) in [7, 11) is 0. The van der Waals surface area contributed by atoms with E-state index in [-0.39, 0.29) is 30.2 Å². The van der Waals surface area contributed by atoms with Gasteiger partial charge in [0, 0.05) is 30.6 Å². The van der Waals surface area contributed by atoms with Crippen molar-refractivity contribution in [3.8, 4) is 0 Å². The molecule has 7 heteroatoms. The van der Waals surface area contributed by atoms with Gasteiger partial charge in [0.1, 0.15) is 6.54 Å². The van der Waals surface area contributed by atoms with Crippen LogP contribution in [0.4, 0.5) is 5.69 Å². The molecule has 32 heavy (non-hydrogen) atoms. The molecule has 3 aromatic rings. The van der Waals surface area contributed by atoms with E-state index in [0.717, 1.165) is 37.9 Å². The monoisotopic (exact) mass is 432 g/mol. The van der Waals surface area contributed by atoms with Gasteiger partial charge in [-0.2, -0.15) is 5.10 Å². The zero-order valence-electron chi connectivity index (χ0n) is 18.4. The average molecular weight is 433 g/mol. The number of amides is 2. The fraction of sp³-hybridized carbons (Fsp3) is 0.360. The minimum absolute atomic E-state index is 0.0226. The molecule has 166 valence electrons. The van der Waals surface area contributed by atoms with E-state index < -0.39 is 0 Å². The van der Waals surface area contributed by atoms with Crippen LogP contribution in [-0.4, -0.2) is 46.1 Å². The number of carbonyl (C=O) groups is 2. The molecule has 1 aliphatic rings. The van der Waals surface area contributed by atoms with Crippen molar-refractivity contribution in [2.45, 2.75) is 39.2 Å². The number of hydrogen-bond donors (Lipinski definition) is 0. The lowest BCUT2D eigenvalue weighted by Gasteiger charge is -2.30. The summed E-state index contributed by atoms with van der Waals surface area (Å²) < 4.78 is 1.68. The number of hydrogen-bond acceptors (Lipinski definition) is 4. The molecule has 4 rings (SSSR count). The van der Waals surface area contributed by atoms with Gasteiger partial charge in [0.15, 0.2) is 0 Å². The maximum atomic E-state index is 13.3. The standard InChI is InChI=1S/C25H28N4O3/c1-19-9-11-20(12-10-19)28(18-25(32)27-14-5-2-6-15-27)24(31)13-16-29-22-8-4-3-7-21(22)23(30)17-26-29/h3-4,7-12,17H,2,5-6,13-16,18H2,1H3. The fourth-order valence-electron chi connectivity index (χ4n) is 4.10. The van der Waals surface area contributed by atoms with E-state index in [4.69, 9.17) is 0 Å². The number of aromatic nitrogens is 2. The number of aryl methyl sites for hydroxylation is 2. The van der Waals surface area contributed by atoms with Gasteiger partial charge in [-0.05, 0) is 50.5 Å². The Hall–Kier alpha value is -3.48. The highest BCUT2D eigenvalue weighted by Crippen LogP contribution is 2.18. The Morgan fingerprint density at radius 2 is 1.72 bits per heavy atom. The Labute approximate surface area is 187 Å². The second-order valence-corrected chi connectivity index (χ2v) is 8.26. The molecule has 0 bridgehead atoms. The Kier molecular flexibility index (Phi) is 6.63. The molecular weight excluding hydrogens is 404 g/mol. The smallest absolute Gasteiger partial charge is 0.242 e. The van der Waals surface area contributed by atoms with Crippen LogP contribution in [0.5, 0.6) is 0 Å². The van der Waals surface area contributed by atoms with Crippen molar-refractivity contribution in [2.75, 3.05) is 24.5 Å². The molecular formula is C25H28N4O3. The quantitative estimate of drug-likeness (QED) is 0.600. The minimum atomic E-state index is -0.149. The Balaban J connectivity index is 1.53. The van der Waals surface area contributed by atoms with E-state index in [9.17, 15) is 14.4 Å². The van der Waals surface area contributed by atoms with Gasteiger partial charge in [-0.1, -0.05) is 29.8 Å². The molecule has 1 aromatic heterocycles. The van der Waals surface area contributed by atoms with Gasteiger partial charge < -0.3 is 9.80 Å². The third kappa shape index (κ3) is 4.88. The predicted molar refractivity (Wildman–Crippen MR) is 125 cm³/mol. The van der Waals surface area contributed by atoms with Crippen LogP contribution < -0.4 is 10.3 Å². The third-order valence-electron chi connectivity index (χ3n) is 5.95. The highest BCUT2D eigenvalue weighted by molar-refractivity contribution is 5.98. The molecule has 0 spiro atoms.